The Labute approximate surface area is 206 Å². The summed E-state index contributed by atoms with van der Waals surface area (Å²) in [6.45, 7) is 4.01. The molecule has 1 saturated carbocycles. The molecule has 0 aliphatic heterocycles. The van der Waals surface area contributed by atoms with Gasteiger partial charge >= 0.3 is 0 Å². The molecule has 1 aliphatic carbocycles. The molecule has 8 heteroatoms. The molecule has 2 N–H and O–H groups in total. The predicted molar refractivity (Wildman–Crippen MR) is 139 cm³/mol. The molecule has 0 bridgehead atoms. The number of fused-ring (bicyclic) bond motifs is 1. The number of nitrogens with zero attached hydrogens (tertiary/aromatic N) is 2. The van der Waals surface area contributed by atoms with E-state index in [1.807, 2.05) is 19.9 Å². The average Bonchev–Trinajstić information content (AvgIpc) is 2.84. The highest BCUT2D eigenvalue weighted by Gasteiger charge is 2.26. The Morgan fingerprint density at radius 3 is 2.57 bits per heavy atom. The first-order valence-corrected chi connectivity index (χ1v) is 12.8. The minimum atomic E-state index is -0.708. The molecule has 1 aromatic heterocycles. The number of hydrogen-bond donors (Lipinski definition) is 2. The minimum absolute atomic E-state index is 0.110. The number of benzene rings is 1. The SMILES string of the molecule is Cc1cc(=O)n(C)c2cc(NC(=O)[C@H](CCCCN=O)NC(=O)[C@@H](C)CC3CCCCC3)ccc12. The maximum absolute atomic E-state index is 13.2. The number of anilines is 1. The molecular weight excluding hydrogens is 444 g/mol. The average molecular weight is 483 g/mol. The molecule has 1 aromatic carbocycles. The van der Waals surface area contributed by atoms with Crippen LogP contribution >= 0.6 is 0 Å². The largest absolute Gasteiger partial charge is 0.344 e. The minimum Gasteiger partial charge on any atom is -0.344 e. The zero-order valence-corrected chi connectivity index (χ0v) is 21.1. The molecule has 0 unspecified atom stereocenters. The van der Waals surface area contributed by atoms with Gasteiger partial charge in [0, 0.05) is 30.1 Å². The number of nitrogens with one attached hydrogen (secondary N) is 2. The summed E-state index contributed by atoms with van der Waals surface area (Å²) in [6, 6.07) is 6.35. The highest BCUT2D eigenvalue weighted by molar-refractivity contribution is 5.99. The Hall–Kier alpha value is -3.03. The molecule has 0 spiro atoms. The number of aryl methyl sites for hydroxylation is 2. The molecule has 35 heavy (non-hydrogen) atoms. The quantitative estimate of drug-likeness (QED) is 0.354. The summed E-state index contributed by atoms with van der Waals surface area (Å²) in [5.74, 6) is -0.00796. The topological polar surface area (TPSA) is 110 Å². The van der Waals surface area contributed by atoms with Crippen LogP contribution in [0.15, 0.2) is 34.2 Å². The fraction of sp³-hybridized carbons (Fsp3) is 0.593. The molecule has 2 atom stereocenters. The second-order valence-corrected chi connectivity index (χ2v) is 10.00. The van der Waals surface area contributed by atoms with Crippen molar-refractivity contribution < 1.29 is 9.59 Å². The Bertz CT molecular complexity index is 1100. The Morgan fingerprint density at radius 2 is 1.86 bits per heavy atom. The number of nitroso groups, excluding NO2 is 1. The molecule has 190 valence electrons. The monoisotopic (exact) mass is 482 g/mol. The molecule has 1 aliphatic rings. The van der Waals surface area contributed by atoms with Gasteiger partial charge in [-0.3, -0.25) is 14.4 Å². The lowest BCUT2D eigenvalue weighted by molar-refractivity contribution is -0.129. The van der Waals surface area contributed by atoms with Crippen molar-refractivity contribution in [3.8, 4) is 0 Å². The molecule has 0 saturated heterocycles. The third-order valence-corrected chi connectivity index (χ3v) is 7.21. The summed E-state index contributed by atoms with van der Waals surface area (Å²) in [6.07, 6.45) is 8.51. The van der Waals surface area contributed by atoms with Crippen molar-refractivity contribution >= 4 is 28.4 Å². The lowest BCUT2D eigenvalue weighted by Gasteiger charge is -2.26. The first kappa shape index (κ1) is 26.6. The fourth-order valence-electron chi connectivity index (χ4n) is 5.07. The maximum Gasteiger partial charge on any atom is 0.251 e. The van der Waals surface area contributed by atoms with Crippen LogP contribution in [-0.4, -0.2) is 29.0 Å². The van der Waals surface area contributed by atoms with E-state index >= 15 is 0 Å². The van der Waals surface area contributed by atoms with Crippen molar-refractivity contribution in [2.75, 3.05) is 11.9 Å². The van der Waals surface area contributed by atoms with Crippen molar-refractivity contribution in [3.63, 3.8) is 0 Å². The standard InChI is InChI=1S/C27H38N4O4/c1-18-16-25(32)31(3)24-17-21(12-13-22(18)24)29-27(34)23(11-7-8-14-28-35)30-26(33)19(2)15-20-9-5-4-6-10-20/h12-13,16-17,19-20,23H,4-11,14-15H2,1-3H3,(H,29,34)(H,30,33)/t19-,23-/m0/s1. The van der Waals surface area contributed by atoms with E-state index in [0.29, 0.717) is 30.9 Å². The van der Waals surface area contributed by atoms with Gasteiger partial charge in [0.2, 0.25) is 11.8 Å². The van der Waals surface area contributed by atoms with Crippen LogP contribution in [0, 0.1) is 23.7 Å². The van der Waals surface area contributed by atoms with Gasteiger partial charge in [0.15, 0.2) is 0 Å². The Kier molecular flexibility index (Phi) is 9.57. The van der Waals surface area contributed by atoms with Crippen LogP contribution in [0.5, 0.6) is 0 Å². The van der Waals surface area contributed by atoms with Gasteiger partial charge in [-0.25, -0.2) is 0 Å². The van der Waals surface area contributed by atoms with Crippen molar-refractivity contribution in [3.05, 3.63) is 45.1 Å². The van der Waals surface area contributed by atoms with Gasteiger partial charge in [-0.15, -0.1) is 0 Å². The van der Waals surface area contributed by atoms with Gasteiger partial charge in [0.1, 0.15) is 6.04 Å². The summed E-state index contributed by atoms with van der Waals surface area (Å²) < 4.78 is 1.55. The van der Waals surface area contributed by atoms with E-state index in [1.54, 1.807) is 29.8 Å². The second-order valence-electron chi connectivity index (χ2n) is 10.00. The van der Waals surface area contributed by atoms with E-state index in [9.17, 15) is 19.3 Å². The summed E-state index contributed by atoms with van der Waals surface area (Å²) in [5.41, 5.74) is 2.06. The molecule has 1 heterocycles. The lowest BCUT2D eigenvalue weighted by Crippen LogP contribution is -2.46. The molecule has 0 radical (unpaired) electrons. The number of pyridine rings is 1. The van der Waals surface area contributed by atoms with Crippen LogP contribution in [0.3, 0.4) is 0 Å². The fourth-order valence-corrected chi connectivity index (χ4v) is 5.07. The van der Waals surface area contributed by atoms with Gasteiger partial charge < -0.3 is 15.2 Å². The molecule has 8 nitrogen and oxygen atoms in total. The Morgan fingerprint density at radius 1 is 1.11 bits per heavy atom. The van der Waals surface area contributed by atoms with Crippen LogP contribution < -0.4 is 16.2 Å². The zero-order valence-electron chi connectivity index (χ0n) is 21.1. The van der Waals surface area contributed by atoms with Crippen LogP contribution in [0.2, 0.25) is 0 Å². The number of hydrogen-bond acceptors (Lipinski definition) is 5. The normalized spacial score (nSPS) is 16.0. The van der Waals surface area contributed by atoms with Crippen molar-refractivity contribution in [1.29, 1.82) is 0 Å². The summed E-state index contributed by atoms with van der Waals surface area (Å²) in [7, 11) is 1.70. The van der Waals surface area contributed by atoms with E-state index < -0.39 is 6.04 Å². The molecule has 2 aromatic rings. The number of unbranched alkanes of at least 4 members (excludes halogenated alkanes) is 1. The summed E-state index contributed by atoms with van der Waals surface area (Å²) in [4.78, 5) is 48.8. The van der Waals surface area contributed by atoms with Crippen LogP contribution in [0.1, 0.15) is 70.3 Å². The van der Waals surface area contributed by atoms with Crippen LogP contribution in [0.25, 0.3) is 10.9 Å². The van der Waals surface area contributed by atoms with Crippen molar-refractivity contribution in [1.82, 2.24) is 9.88 Å². The number of aromatic nitrogens is 1. The van der Waals surface area contributed by atoms with E-state index in [2.05, 4.69) is 15.8 Å². The van der Waals surface area contributed by atoms with Crippen LogP contribution in [0.4, 0.5) is 5.69 Å². The van der Waals surface area contributed by atoms with Gasteiger partial charge in [-0.2, -0.15) is 4.91 Å². The smallest absolute Gasteiger partial charge is 0.251 e. The van der Waals surface area contributed by atoms with E-state index in [1.165, 1.54) is 32.1 Å². The maximum atomic E-state index is 13.2. The van der Waals surface area contributed by atoms with Gasteiger partial charge in [0.25, 0.3) is 5.56 Å². The molecule has 2 amide bonds. The predicted octanol–water partition coefficient (Wildman–Crippen LogP) is 4.81. The summed E-state index contributed by atoms with van der Waals surface area (Å²) >= 11 is 0. The van der Waals surface area contributed by atoms with Gasteiger partial charge in [-0.05, 0) is 56.2 Å². The first-order valence-electron chi connectivity index (χ1n) is 12.8. The van der Waals surface area contributed by atoms with Crippen molar-refractivity contribution in [2.45, 2.75) is 77.7 Å². The van der Waals surface area contributed by atoms with Gasteiger partial charge in [0.05, 0.1) is 12.1 Å². The number of amides is 2. The van der Waals surface area contributed by atoms with E-state index in [4.69, 9.17) is 0 Å². The summed E-state index contributed by atoms with van der Waals surface area (Å²) in [5, 5.41) is 9.69. The highest BCUT2D eigenvalue weighted by Crippen LogP contribution is 2.29. The number of rotatable bonds is 11. The van der Waals surface area contributed by atoms with Crippen molar-refractivity contribution in [2.24, 2.45) is 24.1 Å². The molecule has 1 fully saturated rings. The van der Waals surface area contributed by atoms with Gasteiger partial charge in [-0.1, -0.05) is 50.3 Å². The first-order chi connectivity index (χ1) is 16.8. The Balaban J connectivity index is 1.71. The zero-order chi connectivity index (χ0) is 25.4. The molecule has 3 rings (SSSR count). The van der Waals surface area contributed by atoms with E-state index in [0.717, 1.165) is 22.9 Å². The number of carbonyl (C=O) groups excluding carboxylic acids is 2. The van der Waals surface area contributed by atoms with E-state index in [-0.39, 0.29) is 29.8 Å². The number of carbonyl (C=O) groups is 2. The third-order valence-electron chi connectivity index (χ3n) is 7.21. The third kappa shape index (κ3) is 7.23. The second kappa shape index (κ2) is 12.6. The van der Waals surface area contributed by atoms with Crippen LogP contribution in [-0.2, 0) is 16.6 Å². The highest BCUT2D eigenvalue weighted by atomic mass is 16.3. The lowest BCUT2D eigenvalue weighted by atomic mass is 9.83. The molecular formula is C27H38N4O4.